The van der Waals surface area contributed by atoms with Crippen molar-refractivity contribution in [1.29, 1.82) is 0 Å². The molecule has 1 aliphatic heterocycles. The van der Waals surface area contributed by atoms with Gasteiger partial charge in [-0.05, 0) is 0 Å². The van der Waals surface area contributed by atoms with E-state index >= 15 is 0 Å². The zero-order valence-electron chi connectivity index (χ0n) is 10.9. The van der Waals surface area contributed by atoms with Crippen LogP contribution in [-0.4, -0.2) is 49.8 Å². The van der Waals surface area contributed by atoms with Crippen LogP contribution in [0, 0.1) is 0 Å². The minimum absolute atomic E-state index is 0.0418. The van der Waals surface area contributed by atoms with E-state index in [2.05, 4.69) is 0 Å². The van der Waals surface area contributed by atoms with Gasteiger partial charge in [0.25, 0.3) is 12.6 Å². The predicted octanol–water partition coefficient (Wildman–Crippen LogP) is -0.257. The molecule has 0 radical (unpaired) electrons. The molecular formula is C11H16O8. The van der Waals surface area contributed by atoms with Gasteiger partial charge in [0.1, 0.15) is 12.7 Å². The molecule has 1 heterocycles. The van der Waals surface area contributed by atoms with Crippen molar-refractivity contribution in [3.8, 4) is 0 Å². The monoisotopic (exact) mass is 276 g/mol. The smallest absolute Gasteiger partial charge is 0.305 e. The molecule has 0 saturated carbocycles. The summed E-state index contributed by atoms with van der Waals surface area (Å²) in [7, 11) is 0. The van der Waals surface area contributed by atoms with Gasteiger partial charge in [-0.3, -0.25) is 14.4 Å². The van der Waals surface area contributed by atoms with Crippen LogP contribution in [0.2, 0.25) is 0 Å². The highest BCUT2D eigenvalue weighted by molar-refractivity contribution is 5.67. The van der Waals surface area contributed by atoms with Crippen LogP contribution < -0.4 is 0 Å². The SMILES string of the molecule is CC(=O)OCC1COC(OC(C)=O)C(OC(C)=O)O1. The number of hydrogen-bond donors (Lipinski definition) is 0. The first kappa shape index (κ1) is 15.4. The van der Waals surface area contributed by atoms with Crippen LogP contribution in [0.1, 0.15) is 20.8 Å². The average Bonchev–Trinajstić information content (AvgIpc) is 2.28. The molecule has 1 rings (SSSR count). The summed E-state index contributed by atoms with van der Waals surface area (Å²) in [6.45, 7) is 3.64. The van der Waals surface area contributed by atoms with Crippen molar-refractivity contribution in [2.75, 3.05) is 13.2 Å². The molecule has 1 saturated heterocycles. The number of esters is 3. The molecule has 0 amide bonds. The van der Waals surface area contributed by atoms with E-state index in [0.717, 1.165) is 0 Å². The van der Waals surface area contributed by atoms with Crippen molar-refractivity contribution < 1.29 is 38.1 Å². The molecule has 0 N–H and O–H groups in total. The van der Waals surface area contributed by atoms with Crippen LogP contribution in [-0.2, 0) is 38.1 Å². The molecule has 0 bridgehead atoms. The minimum atomic E-state index is -1.18. The fourth-order valence-corrected chi connectivity index (χ4v) is 1.37. The zero-order chi connectivity index (χ0) is 14.4. The van der Waals surface area contributed by atoms with Crippen LogP contribution in [0.5, 0.6) is 0 Å². The van der Waals surface area contributed by atoms with E-state index in [9.17, 15) is 14.4 Å². The number of rotatable bonds is 4. The Kier molecular flexibility index (Phi) is 5.71. The maximum absolute atomic E-state index is 10.9. The molecule has 1 aliphatic rings. The third kappa shape index (κ3) is 5.66. The summed E-state index contributed by atoms with van der Waals surface area (Å²) >= 11 is 0. The van der Waals surface area contributed by atoms with E-state index in [4.69, 9.17) is 23.7 Å². The van der Waals surface area contributed by atoms with Gasteiger partial charge in [0, 0.05) is 20.8 Å². The minimum Gasteiger partial charge on any atom is -0.463 e. The number of hydrogen-bond acceptors (Lipinski definition) is 8. The molecule has 0 spiro atoms. The Balaban J connectivity index is 2.56. The Labute approximate surface area is 109 Å². The van der Waals surface area contributed by atoms with Crippen molar-refractivity contribution in [2.24, 2.45) is 0 Å². The normalized spacial score (nSPS) is 26.4. The fourth-order valence-electron chi connectivity index (χ4n) is 1.37. The molecule has 0 aromatic heterocycles. The van der Waals surface area contributed by atoms with E-state index in [1.54, 1.807) is 0 Å². The quantitative estimate of drug-likeness (QED) is 0.512. The first-order valence-electron chi connectivity index (χ1n) is 5.63. The van der Waals surface area contributed by atoms with Gasteiger partial charge in [-0.2, -0.15) is 0 Å². The summed E-state index contributed by atoms with van der Waals surface area (Å²) in [4.78, 5) is 32.5. The topological polar surface area (TPSA) is 97.4 Å². The Bertz CT molecular complexity index is 353. The Morgan fingerprint density at radius 1 is 1.00 bits per heavy atom. The van der Waals surface area contributed by atoms with Gasteiger partial charge in [0.2, 0.25) is 0 Å². The summed E-state index contributed by atoms with van der Waals surface area (Å²) in [6, 6.07) is 0. The van der Waals surface area contributed by atoms with E-state index in [0.29, 0.717) is 0 Å². The summed E-state index contributed by atoms with van der Waals surface area (Å²) in [5, 5.41) is 0. The second-order valence-corrected chi connectivity index (χ2v) is 3.85. The molecule has 8 heteroatoms. The van der Waals surface area contributed by atoms with Crippen molar-refractivity contribution in [3.63, 3.8) is 0 Å². The lowest BCUT2D eigenvalue weighted by molar-refractivity contribution is -0.324. The summed E-state index contributed by atoms with van der Waals surface area (Å²) in [5.41, 5.74) is 0. The van der Waals surface area contributed by atoms with Crippen molar-refractivity contribution in [3.05, 3.63) is 0 Å². The van der Waals surface area contributed by atoms with Gasteiger partial charge >= 0.3 is 17.9 Å². The van der Waals surface area contributed by atoms with Crippen molar-refractivity contribution in [2.45, 2.75) is 39.5 Å². The Morgan fingerprint density at radius 3 is 2.11 bits per heavy atom. The Morgan fingerprint density at radius 2 is 1.58 bits per heavy atom. The van der Waals surface area contributed by atoms with E-state index < -0.39 is 36.6 Å². The van der Waals surface area contributed by atoms with Gasteiger partial charge in [0.15, 0.2) is 0 Å². The van der Waals surface area contributed by atoms with Gasteiger partial charge in [-0.1, -0.05) is 0 Å². The molecule has 108 valence electrons. The van der Waals surface area contributed by atoms with Crippen LogP contribution in [0.3, 0.4) is 0 Å². The average molecular weight is 276 g/mol. The first-order chi connectivity index (χ1) is 8.88. The lowest BCUT2D eigenvalue weighted by Gasteiger charge is -2.34. The molecule has 0 aromatic carbocycles. The van der Waals surface area contributed by atoms with Crippen molar-refractivity contribution in [1.82, 2.24) is 0 Å². The molecule has 3 unspecified atom stereocenters. The Hall–Kier alpha value is -1.67. The molecule has 0 aromatic rings. The molecule has 3 atom stereocenters. The number of carbonyl (C=O) groups excluding carboxylic acids is 3. The van der Waals surface area contributed by atoms with Crippen LogP contribution in [0.25, 0.3) is 0 Å². The van der Waals surface area contributed by atoms with E-state index in [-0.39, 0.29) is 13.2 Å². The van der Waals surface area contributed by atoms with Crippen molar-refractivity contribution >= 4 is 17.9 Å². The standard InChI is InChI=1S/C11H16O8/c1-6(12)15-4-9-5-16-10(17-7(2)13)11(19-9)18-8(3)14/h9-11H,4-5H2,1-3H3. The molecule has 1 fully saturated rings. The summed E-state index contributed by atoms with van der Waals surface area (Å²) in [6.07, 6.45) is -2.91. The van der Waals surface area contributed by atoms with Gasteiger partial charge < -0.3 is 23.7 Å². The third-order valence-electron chi connectivity index (χ3n) is 2.03. The van der Waals surface area contributed by atoms with Crippen LogP contribution in [0.15, 0.2) is 0 Å². The van der Waals surface area contributed by atoms with Crippen LogP contribution in [0.4, 0.5) is 0 Å². The predicted molar refractivity (Wildman–Crippen MR) is 58.6 cm³/mol. The highest BCUT2D eigenvalue weighted by atomic mass is 16.8. The van der Waals surface area contributed by atoms with Gasteiger partial charge in [-0.15, -0.1) is 0 Å². The molecule has 8 nitrogen and oxygen atoms in total. The van der Waals surface area contributed by atoms with Gasteiger partial charge in [-0.25, -0.2) is 0 Å². The van der Waals surface area contributed by atoms with E-state index in [1.807, 2.05) is 0 Å². The molecule has 19 heavy (non-hydrogen) atoms. The zero-order valence-corrected chi connectivity index (χ0v) is 10.9. The summed E-state index contributed by atoms with van der Waals surface area (Å²) in [5.74, 6) is -1.67. The third-order valence-corrected chi connectivity index (χ3v) is 2.03. The lowest BCUT2D eigenvalue weighted by Crippen LogP contribution is -2.49. The van der Waals surface area contributed by atoms with E-state index in [1.165, 1.54) is 20.8 Å². The van der Waals surface area contributed by atoms with Gasteiger partial charge in [0.05, 0.1) is 6.61 Å². The first-order valence-corrected chi connectivity index (χ1v) is 5.63. The largest absolute Gasteiger partial charge is 0.463 e. The molecule has 0 aliphatic carbocycles. The highest BCUT2D eigenvalue weighted by Gasteiger charge is 2.37. The fraction of sp³-hybridized carbons (Fsp3) is 0.727. The lowest BCUT2D eigenvalue weighted by atomic mass is 10.3. The summed E-state index contributed by atoms with van der Waals surface area (Å²) < 4.78 is 25.0. The van der Waals surface area contributed by atoms with Crippen LogP contribution >= 0.6 is 0 Å². The number of ether oxygens (including phenoxy) is 5. The number of carbonyl (C=O) groups is 3. The second-order valence-electron chi connectivity index (χ2n) is 3.85. The molecular weight excluding hydrogens is 260 g/mol. The maximum atomic E-state index is 10.9. The second kappa shape index (κ2) is 7.05. The maximum Gasteiger partial charge on any atom is 0.305 e. The highest BCUT2D eigenvalue weighted by Crippen LogP contribution is 2.18.